The number of likely N-dealkylation sites (tertiary alicyclic amines) is 1. The quantitative estimate of drug-likeness (QED) is 0.239. The second-order valence-electron chi connectivity index (χ2n) is 14.0. The topological polar surface area (TPSA) is 118 Å². The van der Waals surface area contributed by atoms with Crippen LogP contribution in [0.15, 0.2) is 66.7 Å². The Balaban J connectivity index is 1.07. The van der Waals surface area contributed by atoms with Gasteiger partial charge >= 0.3 is 12.1 Å². The van der Waals surface area contributed by atoms with Gasteiger partial charge in [0.15, 0.2) is 0 Å². The van der Waals surface area contributed by atoms with Gasteiger partial charge in [-0.25, -0.2) is 4.79 Å². The van der Waals surface area contributed by atoms with E-state index in [9.17, 15) is 15.2 Å². The molecule has 1 amide bonds. The molecule has 0 bridgehead atoms. The molecule has 3 aromatic carbocycles. The number of nitriles is 1. The summed E-state index contributed by atoms with van der Waals surface area (Å²) in [6.07, 6.45) is 5.20. The number of phenols is 1. The Labute approximate surface area is 292 Å². The fourth-order valence-corrected chi connectivity index (χ4v) is 7.91. The van der Waals surface area contributed by atoms with Gasteiger partial charge in [-0.05, 0) is 62.2 Å². The van der Waals surface area contributed by atoms with Crippen LogP contribution in [0.5, 0.6) is 11.8 Å². The number of carbonyl (C=O) groups is 1. The molecule has 3 aliphatic heterocycles. The third kappa shape index (κ3) is 6.48. The van der Waals surface area contributed by atoms with Gasteiger partial charge in [0.25, 0.3) is 0 Å². The zero-order valence-corrected chi connectivity index (χ0v) is 28.3. The number of ether oxygens (including phenoxy) is 2. The van der Waals surface area contributed by atoms with Crippen LogP contribution < -0.4 is 14.5 Å². The highest BCUT2D eigenvalue weighted by atomic mass is 16.6. The van der Waals surface area contributed by atoms with E-state index in [1.54, 1.807) is 11.0 Å². The third-order valence-electron chi connectivity index (χ3n) is 10.8. The van der Waals surface area contributed by atoms with Crippen molar-refractivity contribution in [3.05, 3.63) is 83.6 Å². The minimum atomic E-state index is -0.409. The summed E-state index contributed by atoms with van der Waals surface area (Å²) in [5.74, 6) is 1.05. The zero-order valence-electron chi connectivity index (χ0n) is 28.3. The molecule has 0 unspecified atom stereocenters. The summed E-state index contributed by atoms with van der Waals surface area (Å²) >= 11 is 0. The second kappa shape index (κ2) is 13.7. The van der Waals surface area contributed by atoms with Crippen LogP contribution in [0.25, 0.3) is 10.8 Å². The number of nitrogens with zero attached hydrogens (tertiary/aromatic N) is 7. The van der Waals surface area contributed by atoms with Crippen LogP contribution in [0.4, 0.5) is 16.3 Å². The number of aromatic hydroxyl groups is 1. The first-order valence-corrected chi connectivity index (χ1v) is 17.8. The molecule has 4 heterocycles. The molecule has 1 aliphatic carbocycles. The Morgan fingerprint density at radius 2 is 1.76 bits per heavy atom. The van der Waals surface area contributed by atoms with E-state index >= 15 is 0 Å². The van der Waals surface area contributed by atoms with Gasteiger partial charge in [-0.1, -0.05) is 54.6 Å². The van der Waals surface area contributed by atoms with Crippen molar-refractivity contribution in [2.24, 2.45) is 0 Å². The number of benzene rings is 3. The average Bonchev–Trinajstić information content (AvgIpc) is 3.73. The number of fused-ring (bicyclic) bond motifs is 2. The molecular formula is C39H43N7O4. The van der Waals surface area contributed by atoms with Gasteiger partial charge < -0.3 is 29.3 Å². The summed E-state index contributed by atoms with van der Waals surface area (Å²) in [4.78, 5) is 32.1. The first-order chi connectivity index (χ1) is 24.5. The van der Waals surface area contributed by atoms with Crippen molar-refractivity contribution in [2.75, 3.05) is 55.7 Å². The van der Waals surface area contributed by atoms with Crippen molar-refractivity contribution < 1.29 is 19.4 Å². The second-order valence-corrected chi connectivity index (χ2v) is 14.0. The van der Waals surface area contributed by atoms with Gasteiger partial charge in [-0.15, -0.1) is 0 Å². The van der Waals surface area contributed by atoms with Gasteiger partial charge in [0.2, 0.25) is 0 Å². The number of amides is 1. The summed E-state index contributed by atoms with van der Waals surface area (Å²) in [6, 6.07) is 23.7. The molecule has 0 radical (unpaired) electrons. The van der Waals surface area contributed by atoms with Crippen molar-refractivity contribution in [1.82, 2.24) is 19.8 Å². The molecule has 1 N–H and O–H groups in total. The normalized spacial score (nSPS) is 20.0. The third-order valence-corrected chi connectivity index (χ3v) is 10.8. The number of aromatic nitrogens is 2. The standard InChI is InChI=1S/C39H43N7O4/c40-16-12-30-24-44(20-21-46(30)38(48)49-26-28-8-2-1-3-9-28)36-33-13-19-43(35-23-31(47)22-29-10-4-5-11-32(29)35)25-34(33)41-37(42-36)50-27-39(14-15-39)45-17-6-7-18-45/h1-5,8-11,22-23,30,47H,6-7,12-15,17-21,24-27H2/t30-/m0/s1. The molecule has 4 aromatic rings. The van der Waals surface area contributed by atoms with Crippen molar-refractivity contribution in [3.8, 4) is 17.8 Å². The molecule has 1 atom stereocenters. The van der Waals surface area contributed by atoms with Crippen molar-refractivity contribution in [1.29, 1.82) is 5.26 Å². The molecule has 258 valence electrons. The Morgan fingerprint density at radius 3 is 2.56 bits per heavy atom. The van der Waals surface area contributed by atoms with Crippen molar-refractivity contribution in [2.45, 2.75) is 63.3 Å². The van der Waals surface area contributed by atoms with E-state index in [0.717, 1.165) is 71.6 Å². The molecule has 11 heteroatoms. The molecule has 50 heavy (non-hydrogen) atoms. The molecular weight excluding hydrogens is 630 g/mol. The van der Waals surface area contributed by atoms with Crippen molar-refractivity contribution >= 4 is 28.4 Å². The fraction of sp³-hybridized carbons (Fsp3) is 0.436. The number of hydrogen-bond donors (Lipinski definition) is 1. The number of phenolic OH excluding ortho intramolecular Hbond substituents is 1. The van der Waals surface area contributed by atoms with Crippen LogP contribution in [0, 0.1) is 11.3 Å². The number of anilines is 2. The van der Waals surface area contributed by atoms with Crippen LogP contribution in [0.3, 0.4) is 0 Å². The highest BCUT2D eigenvalue weighted by Crippen LogP contribution is 2.44. The van der Waals surface area contributed by atoms with E-state index in [0.29, 0.717) is 45.2 Å². The summed E-state index contributed by atoms with van der Waals surface area (Å²) in [5.41, 5.74) is 3.93. The number of hydrogen-bond acceptors (Lipinski definition) is 10. The highest BCUT2D eigenvalue weighted by molar-refractivity contribution is 5.95. The van der Waals surface area contributed by atoms with E-state index in [2.05, 4.69) is 26.8 Å². The molecule has 4 aliphatic rings. The van der Waals surface area contributed by atoms with E-state index in [4.69, 9.17) is 19.4 Å². The lowest BCUT2D eigenvalue weighted by atomic mass is 10.0. The van der Waals surface area contributed by atoms with Crippen LogP contribution in [0.1, 0.15) is 48.9 Å². The first kappa shape index (κ1) is 32.1. The van der Waals surface area contributed by atoms with Gasteiger partial charge in [-0.3, -0.25) is 4.90 Å². The van der Waals surface area contributed by atoms with E-state index in [1.165, 1.54) is 12.8 Å². The van der Waals surface area contributed by atoms with Gasteiger partial charge in [-0.2, -0.15) is 15.2 Å². The first-order valence-electron chi connectivity index (χ1n) is 17.8. The maximum Gasteiger partial charge on any atom is 0.410 e. The summed E-state index contributed by atoms with van der Waals surface area (Å²) in [7, 11) is 0. The van der Waals surface area contributed by atoms with Crippen LogP contribution in [0.2, 0.25) is 0 Å². The van der Waals surface area contributed by atoms with Crippen LogP contribution >= 0.6 is 0 Å². The lowest BCUT2D eigenvalue weighted by Crippen LogP contribution is -2.55. The molecule has 3 fully saturated rings. The monoisotopic (exact) mass is 673 g/mol. The van der Waals surface area contributed by atoms with E-state index < -0.39 is 6.09 Å². The van der Waals surface area contributed by atoms with E-state index in [1.807, 2.05) is 54.6 Å². The summed E-state index contributed by atoms with van der Waals surface area (Å²) in [5, 5.41) is 22.5. The van der Waals surface area contributed by atoms with E-state index in [-0.39, 0.29) is 30.4 Å². The molecule has 2 saturated heterocycles. The number of carbonyl (C=O) groups excluding carboxylic acids is 1. The van der Waals surface area contributed by atoms with Crippen LogP contribution in [-0.4, -0.2) is 88.4 Å². The fourth-order valence-electron chi connectivity index (χ4n) is 7.91. The molecule has 0 spiro atoms. The predicted molar refractivity (Wildman–Crippen MR) is 190 cm³/mol. The van der Waals surface area contributed by atoms with Gasteiger partial charge in [0, 0.05) is 48.9 Å². The Kier molecular flexibility index (Phi) is 8.79. The molecule has 1 saturated carbocycles. The SMILES string of the molecule is N#CC[C@H]1CN(c2nc(OCC3(N4CCCC4)CC3)nc3c2CCN(c2cc(O)cc4ccccc24)C3)CCN1C(=O)OCc1ccccc1. The number of piperazine rings is 1. The molecule has 8 rings (SSSR count). The van der Waals surface area contributed by atoms with Gasteiger partial charge in [0.1, 0.15) is 24.8 Å². The highest BCUT2D eigenvalue weighted by Gasteiger charge is 2.49. The Morgan fingerprint density at radius 1 is 0.960 bits per heavy atom. The lowest BCUT2D eigenvalue weighted by molar-refractivity contribution is 0.0767. The van der Waals surface area contributed by atoms with Crippen LogP contribution in [-0.2, 0) is 24.3 Å². The predicted octanol–water partition coefficient (Wildman–Crippen LogP) is 5.65. The van der Waals surface area contributed by atoms with Crippen molar-refractivity contribution in [3.63, 3.8) is 0 Å². The summed E-state index contributed by atoms with van der Waals surface area (Å²) < 4.78 is 12.2. The summed E-state index contributed by atoms with van der Waals surface area (Å²) in [6.45, 7) is 5.65. The lowest BCUT2D eigenvalue weighted by Gasteiger charge is -2.42. The minimum Gasteiger partial charge on any atom is -0.508 e. The molecule has 11 nitrogen and oxygen atoms in total. The maximum absolute atomic E-state index is 13.3. The Hall–Kier alpha value is -5.08. The average molecular weight is 674 g/mol. The Bertz CT molecular complexity index is 1900. The smallest absolute Gasteiger partial charge is 0.410 e. The molecule has 1 aromatic heterocycles. The minimum absolute atomic E-state index is 0.0755. The zero-order chi connectivity index (χ0) is 34.1. The maximum atomic E-state index is 13.3. The van der Waals surface area contributed by atoms with Gasteiger partial charge in [0.05, 0.1) is 36.3 Å². The largest absolute Gasteiger partial charge is 0.508 e. The number of rotatable bonds is 9.